The van der Waals surface area contributed by atoms with E-state index in [4.69, 9.17) is 9.97 Å². The summed E-state index contributed by atoms with van der Waals surface area (Å²) in [5, 5.41) is 3.60. The summed E-state index contributed by atoms with van der Waals surface area (Å²) in [5.74, 6) is 1.62. The molecule has 2 heterocycles. The topological polar surface area (TPSA) is 41.0 Å². The number of aromatic nitrogens is 2. The lowest BCUT2D eigenvalue weighted by Crippen LogP contribution is -2.28. The van der Waals surface area contributed by atoms with Crippen molar-refractivity contribution >= 4 is 28.5 Å². The van der Waals surface area contributed by atoms with Gasteiger partial charge in [-0.05, 0) is 65.1 Å². The molecule has 7 aromatic rings. The average molecular weight is 641 g/mol. The molecule has 4 nitrogen and oxygen atoms in total. The number of allylic oxidation sites excluding steroid dienone is 2. The largest absolute Gasteiger partial charge is 0.354 e. The minimum atomic E-state index is 0.138. The Kier molecular flexibility index (Phi) is 7.49. The number of hydrogen-bond acceptors (Lipinski definition) is 4. The van der Waals surface area contributed by atoms with Gasteiger partial charge in [0.15, 0.2) is 5.82 Å². The average Bonchev–Trinajstić information content (AvgIpc) is 3.53. The van der Waals surface area contributed by atoms with E-state index < -0.39 is 0 Å². The molecule has 1 aliphatic heterocycles. The van der Waals surface area contributed by atoms with E-state index in [1.54, 1.807) is 0 Å². The van der Waals surface area contributed by atoms with Gasteiger partial charge in [-0.2, -0.15) is 0 Å². The maximum atomic E-state index is 5.22. The maximum Gasteiger partial charge on any atom is 0.162 e. The van der Waals surface area contributed by atoms with Crippen molar-refractivity contribution < 1.29 is 0 Å². The van der Waals surface area contributed by atoms with Gasteiger partial charge in [-0.15, -0.1) is 0 Å². The van der Waals surface area contributed by atoms with Crippen LogP contribution in [0.2, 0.25) is 0 Å². The second-order valence-corrected chi connectivity index (χ2v) is 12.5. The van der Waals surface area contributed by atoms with Gasteiger partial charge in [-0.1, -0.05) is 133 Å². The third-order valence-corrected chi connectivity index (χ3v) is 9.44. The van der Waals surface area contributed by atoms with E-state index in [2.05, 4.69) is 150 Å². The van der Waals surface area contributed by atoms with Crippen LogP contribution in [0.1, 0.15) is 12.0 Å². The van der Waals surface area contributed by atoms with Crippen molar-refractivity contribution in [2.24, 2.45) is 0 Å². The van der Waals surface area contributed by atoms with Crippen LogP contribution < -0.4 is 10.2 Å². The number of benzene rings is 5. The fourth-order valence-electron chi connectivity index (χ4n) is 7.04. The molecular formula is C46H32N4. The highest BCUT2D eigenvalue weighted by molar-refractivity contribution is 5.95. The van der Waals surface area contributed by atoms with Crippen LogP contribution in [0.4, 0.5) is 22.9 Å². The van der Waals surface area contributed by atoms with Crippen LogP contribution in [0.5, 0.6) is 0 Å². The second kappa shape index (κ2) is 12.7. The second-order valence-electron chi connectivity index (χ2n) is 12.5. The standard InChI is InChI=1S/C46H32N4/c1-5-15-32(16-6-1)39-29-35(25-27-41(39)47-37-21-11-4-12-22-37)36-26-28-44-40(30-36)38-23-13-14-24-43(38)50(44)45-31-42(33-17-7-2-8-18-33)48-46(49-45)34-19-9-3-10-20-34/h1-3,5-11,13-23,25-31,43,47H,24H2/t43-/m1/s1. The maximum absolute atomic E-state index is 5.22. The Morgan fingerprint density at radius 3 is 2.06 bits per heavy atom. The number of rotatable bonds is 7. The molecule has 1 atom stereocenters. The van der Waals surface area contributed by atoms with Gasteiger partial charge in [0, 0.05) is 45.8 Å². The number of nitrogens with one attached hydrogen (secondary N) is 1. The highest BCUT2D eigenvalue weighted by atomic mass is 15.2. The van der Waals surface area contributed by atoms with E-state index in [0.29, 0.717) is 0 Å². The number of anilines is 4. The van der Waals surface area contributed by atoms with Crippen LogP contribution in [0.15, 0.2) is 170 Å². The molecule has 0 saturated carbocycles. The summed E-state index contributed by atoms with van der Waals surface area (Å²) < 4.78 is 0. The lowest BCUT2D eigenvalue weighted by atomic mass is 9.92. The van der Waals surface area contributed by atoms with E-state index in [1.165, 1.54) is 16.7 Å². The van der Waals surface area contributed by atoms with Crippen LogP contribution >= 0.6 is 0 Å². The molecule has 0 amide bonds. The number of fused-ring (bicyclic) bond motifs is 3. The van der Waals surface area contributed by atoms with Gasteiger partial charge in [0.25, 0.3) is 0 Å². The quantitative estimate of drug-likeness (QED) is 0.188. The Morgan fingerprint density at radius 1 is 0.620 bits per heavy atom. The van der Waals surface area contributed by atoms with E-state index in [9.17, 15) is 0 Å². The summed E-state index contributed by atoms with van der Waals surface area (Å²) in [5.41, 5.74) is 13.3. The zero-order chi connectivity index (χ0) is 33.3. The van der Waals surface area contributed by atoms with E-state index in [-0.39, 0.29) is 6.04 Å². The third kappa shape index (κ3) is 5.51. The van der Waals surface area contributed by atoms with Crippen molar-refractivity contribution in [2.45, 2.75) is 12.5 Å². The Labute approximate surface area is 292 Å². The van der Waals surface area contributed by atoms with Gasteiger partial charge < -0.3 is 10.2 Å². The molecule has 9 rings (SSSR count). The summed E-state index contributed by atoms with van der Waals surface area (Å²) in [6.45, 7) is 0. The van der Waals surface area contributed by atoms with Gasteiger partial charge in [0.1, 0.15) is 5.82 Å². The predicted molar refractivity (Wildman–Crippen MR) is 205 cm³/mol. The van der Waals surface area contributed by atoms with Gasteiger partial charge in [-0.25, -0.2) is 9.97 Å². The van der Waals surface area contributed by atoms with Gasteiger partial charge >= 0.3 is 0 Å². The molecule has 1 N–H and O–H groups in total. The van der Waals surface area contributed by atoms with Crippen molar-refractivity contribution in [3.05, 3.63) is 188 Å². The smallest absolute Gasteiger partial charge is 0.162 e. The van der Waals surface area contributed by atoms with Crippen molar-refractivity contribution in [3.8, 4) is 44.9 Å². The lowest BCUT2D eigenvalue weighted by Gasteiger charge is -2.28. The normalized spacial score (nSPS) is 14.4. The highest BCUT2D eigenvalue weighted by Gasteiger charge is 2.36. The fourth-order valence-corrected chi connectivity index (χ4v) is 7.04. The van der Waals surface area contributed by atoms with Gasteiger partial charge in [-0.3, -0.25) is 0 Å². The Morgan fingerprint density at radius 2 is 1.32 bits per heavy atom. The van der Waals surface area contributed by atoms with Crippen molar-refractivity contribution in [3.63, 3.8) is 0 Å². The summed E-state index contributed by atoms with van der Waals surface area (Å²) in [7, 11) is 0. The third-order valence-electron chi connectivity index (χ3n) is 9.44. The molecule has 6 aromatic carbocycles. The molecule has 1 aromatic heterocycles. The first kappa shape index (κ1) is 29.4. The summed E-state index contributed by atoms with van der Waals surface area (Å²) in [6, 6.07) is 58.9. The van der Waals surface area contributed by atoms with E-state index in [0.717, 1.165) is 68.6 Å². The zero-order valence-electron chi connectivity index (χ0n) is 27.3. The molecule has 0 spiro atoms. The highest BCUT2D eigenvalue weighted by Crippen LogP contribution is 2.49. The molecule has 0 saturated heterocycles. The first-order valence-electron chi connectivity index (χ1n) is 16.9. The SMILES string of the molecule is c1ccc(Nc2ccc(-c3ccc4c(c3)C3=CC=CC[C@H]3N4c3cc(-c4ccccc4)nc(-c4ccccc4)n3)cc2-c2ccccc2)cc#1. The number of hydrogen-bond donors (Lipinski definition) is 1. The first-order chi connectivity index (χ1) is 24.8. The molecule has 0 bridgehead atoms. The van der Waals surface area contributed by atoms with Gasteiger partial charge in [0.05, 0.1) is 17.4 Å². The monoisotopic (exact) mass is 640 g/mol. The van der Waals surface area contributed by atoms with Crippen molar-refractivity contribution in [1.82, 2.24) is 9.97 Å². The van der Waals surface area contributed by atoms with Crippen LogP contribution in [0.3, 0.4) is 0 Å². The minimum absolute atomic E-state index is 0.138. The molecule has 236 valence electrons. The van der Waals surface area contributed by atoms with Crippen molar-refractivity contribution in [2.75, 3.05) is 10.2 Å². The zero-order valence-corrected chi connectivity index (χ0v) is 27.3. The molecule has 0 radical (unpaired) electrons. The van der Waals surface area contributed by atoms with Crippen LogP contribution in [-0.4, -0.2) is 16.0 Å². The molecule has 0 fully saturated rings. The van der Waals surface area contributed by atoms with Crippen LogP contribution in [0, 0.1) is 12.1 Å². The summed E-state index contributed by atoms with van der Waals surface area (Å²) in [6.07, 6.45) is 7.61. The molecule has 1 aliphatic carbocycles. The molecule has 4 heteroatoms. The molecule has 50 heavy (non-hydrogen) atoms. The Hall–Kier alpha value is -6.70. The van der Waals surface area contributed by atoms with Crippen LogP contribution in [-0.2, 0) is 0 Å². The number of nitrogens with zero attached hydrogens (tertiary/aromatic N) is 3. The Balaban J connectivity index is 1.16. The Bertz CT molecular complexity index is 2310. The van der Waals surface area contributed by atoms with Crippen LogP contribution in [0.25, 0.3) is 50.5 Å². The predicted octanol–water partition coefficient (Wildman–Crippen LogP) is 11.4. The first-order valence-corrected chi connectivity index (χ1v) is 16.9. The lowest BCUT2D eigenvalue weighted by molar-refractivity contribution is 0.816. The van der Waals surface area contributed by atoms with E-state index in [1.807, 2.05) is 42.5 Å². The minimum Gasteiger partial charge on any atom is -0.354 e. The van der Waals surface area contributed by atoms with E-state index >= 15 is 0 Å². The van der Waals surface area contributed by atoms with Gasteiger partial charge in [0.2, 0.25) is 0 Å². The summed E-state index contributed by atoms with van der Waals surface area (Å²) >= 11 is 0. The fraction of sp³-hybridized carbons (Fsp3) is 0.0435. The van der Waals surface area contributed by atoms with Crippen molar-refractivity contribution in [1.29, 1.82) is 0 Å². The molecular weight excluding hydrogens is 609 g/mol. The molecule has 2 aliphatic rings. The molecule has 0 unspecified atom stereocenters. The summed E-state index contributed by atoms with van der Waals surface area (Å²) in [4.78, 5) is 12.7.